The molecule has 4 heteroatoms. The molecular formula is C34H42O2SSi. The van der Waals surface area contributed by atoms with Crippen molar-refractivity contribution in [3.8, 4) is 0 Å². The minimum Gasteiger partial charge on any atom is -0.401 e. The summed E-state index contributed by atoms with van der Waals surface area (Å²) in [6.07, 6.45) is 5.23. The summed E-state index contributed by atoms with van der Waals surface area (Å²) in [6, 6.07) is 32.6. The molecule has 0 aliphatic heterocycles. The molecule has 0 spiro atoms. The highest BCUT2D eigenvalue weighted by molar-refractivity contribution is 8.00. The number of thioether (sulfide) groups is 1. The molecular weight excluding hydrogens is 501 g/mol. The largest absolute Gasteiger partial charge is 0.401 e. The summed E-state index contributed by atoms with van der Waals surface area (Å²) < 4.78 is 8.08. The molecule has 2 saturated carbocycles. The fourth-order valence-corrected chi connectivity index (χ4v) is 14.0. The number of benzene rings is 3. The van der Waals surface area contributed by atoms with Crippen molar-refractivity contribution in [1.29, 1.82) is 0 Å². The monoisotopic (exact) mass is 542 g/mol. The van der Waals surface area contributed by atoms with Gasteiger partial charge in [-0.15, -0.1) is 11.8 Å². The first-order valence-electron chi connectivity index (χ1n) is 14.2. The molecule has 0 aromatic heterocycles. The first kappa shape index (κ1) is 27.4. The predicted octanol–water partition coefficient (Wildman–Crippen LogP) is 7.65. The molecule has 0 bridgehead atoms. The highest BCUT2D eigenvalue weighted by Gasteiger charge is 2.68. The van der Waals surface area contributed by atoms with Gasteiger partial charge in [0.25, 0.3) is 8.32 Å². The van der Waals surface area contributed by atoms with E-state index in [-0.39, 0.29) is 22.2 Å². The third-order valence-electron chi connectivity index (χ3n) is 9.45. The standard InChI is InChI=1S/C34H42O2SSi/c1-26(35)30-25-31(37-27-17-9-6-10-18-27)33(5)23-15-16-24-34(30,33)36-38(32(2,3)4,28-19-11-7-12-20-28)29-21-13-8-14-22-29/h6-14,17-22,30-31H,15-16,23-25H2,1-5H3/t30-,31?,33-,34-/m0/s1. The van der Waals surface area contributed by atoms with Gasteiger partial charge in [0.05, 0.1) is 5.60 Å². The Morgan fingerprint density at radius 3 is 1.84 bits per heavy atom. The summed E-state index contributed by atoms with van der Waals surface area (Å²) in [4.78, 5) is 14.9. The number of carbonyl (C=O) groups excluding carboxylic acids is 1. The van der Waals surface area contributed by atoms with Crippen molar-refractivity contribution in [3.63, 3.8) is 0 Å². The second-order valence-electron chi connectivity index (χ2n) is 12.6. The van der Waals surface area contributed by atoms with E-state index < -0.39 is 13.9 Å². The maximum absolute atomic E-state index is 13.6. The van der Waals surface area contributed by atoms with Crippen LogP contribution in [-0.4, -0.2) is 25.0 Å². The van der Waals surface area contributed by atoms with Gasteiger partial charge < -0.3 is 4.43 Å². The van der Waals surface area contributed by atoms with Crippen LogP contribution in [0.4, 0.5) is 0 Å². The van der Waals surface area contributed by atoms with Gasteiger partial charge in [-0.25, -0.2) is 0 Å². The van der Waals surface area contributed by atoms with E-state index in [4.69, 9.17) is 4.43 Å². The zero-order chi connectivity index (χ0) is 27.0. The summed E-state index contributed by atoms with van der Waals surface area (Å²) in [7, 11) is -2.85. The van der Waals surface area contributed by atoms with E-state index >= 15 is 0 Å². The average Bonchev–Trinajstić information content (AvgIpc) is 3.16. The van der Waals surface area contributed by atoms with Crippen molar-refractivity contribution in [2.75, 3.05) is 0 Å². The number of hydrogen-bond acceptors (Lipinski definition) is 3. The Balaban J connectivity index is 1.72. The molecule has 5 rings (SSSR count). The molecule has 4 atom stereocenters. The van der Waals surface area contributed by atoms with E-state index in [1.807, 2.05) is 18.7 Å². The second kappa shape index (κ2) is 10.4. The predicted molar refractivity (Wildman–Crippen MR) is 163 cm³/mol. The van der Waals surface area contributed by atoms with Crippen LogP contribution in [-0.2, 0) is 9.22 Å². The van der Waals surface area contributed by atoms with Crippen molar-refractivity contribution in [1.82, 2.24) is 0 Å². The zero-order valence-electron chi connectivity index (χ0n) is 23.6. The van der Waals surface area contributed by atoms with Gasteiger partial charge in [-0.2, -0.15) is 0 Å². The highest BCUT2D eigenvalue weighted by Crippen LogP contribution is 2.65. The van der Waals surface area contributed by atoms with Gasteiger partial charge in [0.15, 0.2) is 0 Å². The van der Waals surface area contributed by atoms with Crippen LogP contribution in [0.5, 0.6) is 0 Å². The Morgan fingerprint density at radius 2 is 1.34 bits per heavy atom. The molecule has 200 valence electrons. The van der Waals surface area contributed by atoms with E-state index in [0.29, 0.717) is 5.25 Å². The smallest absolute Gasteiger partial charge is 0.261 e. The van der Waals surface area contributed by atoms with Crippen LogP contribution in [0.15, 0.2) is 95.9 Å². The molecule has 2 fully saturated rings. The van der Waals surface area contributed by atoms with Crippen LogP contribution in [0, 0.1) is 11.3 Å². The molecule has 0 heterocycles. The Labute approximate surface area is 234 Å². The van der Waals surface area contributed by atoms with Gasteiger partial charge in [-0.3, -0.25) is 4.79 Å². The fourth-order valence-electron chi connectivity index (χ4n) is 7.54. The van der Waals surface area contributed by atoms with Crippen LogP contribution in [0.2, 0.25) is 5.04 Å². The minimum atomic E-state index is -2.85. The van der Waals surface area contributed by atoms with Crippen molar-refractivity contribution in [2.24, 2.45) is 11.3 Å². The Bertz CT molecular complexity index is 1200. The SMILES string of the molecule is CC(=O)[C@@H]1CC(Sc2ccccc2)[C@]2(C)CCCC[C@]12O[Si](c1ccccc1)(c1ccccc1)C(C)(C)C. The van der Waals surface area contributed by atoms with Crippen molar-refractivity contribution >= 4 is 36.2 Å². The minimum absolute atomic E-state index is 0.101. The van der Waals surface area contributed by atoms with Crippen LogP contribution < -0.4 is 10.4 Å². The first-order valence-corrected chi connectivity index (χ1v) is 17.0. The molecule has 38 heavy (non-hydrogen) atoms. The Kier molecular flexibility index (Phi) is 7.54. The molecule has 3 aromatic carbocycles. The number of rotatable bonds is 7. The number of fused-ring (bicyclic) bond motifs is 1. The van der Waals surface area contributed by atoms with Crippen LogP contribution >= 0.6 is 11.8 Å². The van der Waals surface area contributed by atoms with Gasteiger partial charge >= 0.3 is 0 Å². The van der Waals surface area contributed by atoms with E-state index in [9.17, 15) is 4.79 Å². The van der Waals surface area contributed by atoms with Crippen LogP contribution in [0.1, 0.15) is 66.7 Å². The molecule has 0 amide bonds. The van der Waals surface area contributed by atoms with E-state index in [2.05, 4.69) is 119 Å². The lowest BCUT2D eigenvalue weighted by Gasteiger charge is -2.57. The lowest BCUT2D eigenvalue weighted by atomic mass is 9.63. The van der Waals surface area contributed by atoms with Crippen LogP contribution in [0.3, 0.4) is 0 Å². The van der Waals surface area contributed by atoms with Gasteiger partial charge in [0.2, 0.25) is 0 Å². The van der Waals surface area contributed by atoms with Crippen molar-refractivity contribution in [2.45, 2.75) is 87.5 Å². The topological polar surface area (TPSA) is 26.3 Å². The van der Waals surface area contributed by atoms with Gasteiger partial charge in [0.1, 0.15) is 5.78 Å². The molecule has 0 saturated heterocycles. The lowest BCUT2D eigenvalue weighted by Crippen LogP contribution is -2.72. The molecule has 2 aliphatic carbocycles. The van der Waals surface area contributed by atoms with E-state index in [1.54, 1.807) is 0 Å². The van der Waals surface area contributed by atoms with Crippen molar-refractivity contribution in [3.05, 3.63) is 91.0 Å². The highest BCUT2D eigenvalue weighted by atomic mass is 32.2. The number of hydrogen-bond donors (Lipinski definition) is 0. The maximum Gasteiger partial charge on any atom is 0.261 e. The second-order valence-corrected chi connectivity index (χ2v) is 18.1. The average molecular weight is 543 g/mol. The quantitative estimate of drug-likeness (QED) is 0.287. The lowest BCUT2D eigenvalue weighted by molar-refractivity contribution is -0.138. The normalized spacial score (nSPS) is 27.6. The number of ketones is 1. The molecule has 0 radical (unpaired) electrons. The first-order chi connectivity index (χ1) is 18.1. The van der Waals surface area contributed by atoms with Gasteiger partial charge in [-0.05, 0) is 53.7 Å². The third kappa shape index (κ3) is 4.43. The maximum atomic E-state index is 13.6. The molecule has 1 unspecified atom stereocenters. The van der Waals surface area contributed by atoms with E-state index in [1.165, 1.54) is 21.7 Å². The summed E-state index contributed by atoms with van der Waals surface area (Å²) in [5, 5.41) is 2.79. The number of Topliss-reactive ketones (excluding diaryl/α,β-unsaturated/α-hetero) is 1. The van der Waals surface area contributed by atoms with Crippen molar-refractivity contribution < 1.29 is 9.22 Å². The molecule has 3 aromatic rings. The Morgan fingerprint density at radius 1 is 0.842 bits per heavy atom. The third-order valence-corrected chi connectivity index (χ3v) is 16.1. The summed E-state index contributed by atoms with van der Waals surface area (Å²) in [5.74, 6) is 0.183. The number of carbonyl (C=O) groups is 1. The van der Waals surface area contributed by atoms with Gasteiger partial charge in [-0.1, -0.05) is 119 Å². The molecule has 2 aliphatic rings. The van der Waals surface area contributed by atoms with E-state index in [0.717, 1.165) is 25.7 Å². The zero-order valence-corrected chi connectivity index (χ0v) is 25.4. The summed E-state index contributed by atoms with van der Waals surface area (Å²) >= 11 is 1.96. The summed E-state index contributed by atoms with van der Waals surface area (Å²) in [6.45, 7) is 11.3. The molecule has 0 N–H and O–H groups in total. The fraction of sp³-hybridized carbons (Fsp3) is 0.441. The Hall–Kier alpha value is -2.14. The van der Waals surface area contributed by atoms with Crippen LogP contribution in [0.25, 0.3) is 0 Å². The summed E-state index contributed by atoms with van der Waals surface area (Å²) in [5.41, 5.74) is -0.593. The van der Waals surface area contributed by atoms with Gasteiger partial charge in [0, 0.05) is 21.5 Å². The molecule has 2 nitrogen and oxygen atoms in total.